The summed E-state index contributed by atoms with van der Waals surface area (Å²) in [7, 11) is 2.02. The molecule has 0 spiro atoms. The van der Waals surface area contributed by atoms with Crippen molar-refractivity contribution >= 4 is 11.9 Å². The van der Waals surface area contributed by atoms with Crippen LogP contribution in [0.3, 0.4) is 0 Å². The highest BCUT2D eigenvalue weighted by molar-refractivity contribution is 5.87. The number of ether oxygens (including phenoxy) is 1. The Hall–Kier alpha value is -3.21. The Kier molecular flexibility index (Phi) is 4.36. The Labute approximate surface area is 157 Å². The van der Waals surface area contributed by atoms with E-state index in [2.05, 4.69) is 11.0 Å². The number of halogens is 1. The minimum absolute atomic E-state index is 0.236. The van der Waals surface area contributed by atoms with Crippen LogP contribution in [0.5, 0.6) is 5.88 Å². The van der Waals surface area contributed by atoms with Crippen LogP contribution in [0.1, 0.15) is 11.1 Å². The van der Waals surface area contributed by atoms with Crippen molar-refractivity contribution in [2.75, 3.05) is 25.1 Å². The van der Waals surface area contributed by atoms with Crippen LogP contribution in [-0.4, -0.2) is 31.4 Å². The van der Waals surface area contributed by atoms with Gasteiger partial charge in [-0.05, 0) is 53.9 Å². The first-order valence-electron chi connectivity index (χ1n) is 8.83. The first-order chi connectivity index (χ1) is 13.1. The highest BCUT2D eigenvalue weighted by atomic mass is 19.1. The van der Waals surface area contributed by atoms with Gasteiger partial charge in [-0.25, -0.2) is 9.37 Å². The van der Waals surface area contributed by atoms with E-state index in [4.69, 9.17) is 15.1 Å². The second kappa shape index (κ2) is 6.83. The van der Waals surface area contributed by atoms with E-state index in [9.17, 15) is 4.39 Å². The molecule has 0 unspecified atom stereocenters. The highest BCUT2D eigenvalue weighted by Gasteiger charge is 2.21. The van der Waals surface area contributed by atoms with Crippen LogP contribution in [0, 0.1) is 18.2 Å². The van der Waals surface area contributed by atoms with Crippen LogP contribution in [0.4, 0.5) is 10.1 Å². The Morgan fingerprint density at radius 1 is 1.15 bits per heavy atom. The van der Waals surface area contributed by atoms with Crippen LogP contribution in [0.15, 0.2) is 48.5 Å². The fraction of sp³-hybridized carbons (Fsp3) is 0.182. The van der Waals surface area contributed by atoms with Gasteiger partial charge in [0.15, 0.2) is 0 Å². The van der Waals surface area contributed by atoms with Crippen molar-refractivity contribution < 1.29 is 9.13 Å². The molecule has 0 radical (unpaired) electrons. The molecule has 2 heterocycles. The second-order valence-corrected chi connectivity index (χ2v) is 6.71. The molecule has 0 fully saturated rings. The maximum Gasteiger partial charge on any atom is 0.238 e. The number of aryl methyl sites for hydroxylation is 1. The topological polar surface area (TPSA) is 49.2 Å². The molecule has 1 aromatic heterocycles. The van der Waals surface area contributed by atoms with Gasteiger partial charge in [0.1, 0.15) is 18.1 Å². The maximum absolute atomic E-state index is 13.8. The molecule has 0 atom stereocenters. The Morgan fingerprint density at radius 2 is 2.00 bits per heavy atom. The fourth-order valence-electron chi connectivity index (χ4n) is 3.29. The zero-order valence-electron chi connectivity index (χ0n) is 15.3. The summed E-state index contributed by atoms with van der Waals surface area (Å²) in [5.74, 6) is 0.354. The normalized spacial score (nSPS) is 13.1. The SMILES string of the molecule is Cc1cc(-c2nc3c(cc2-c2cccc(C=N)c2)N(C)CCO3)ccc1F. The van der Waals surface area contributed by atoms with Gasteiger partial charge in [0.05, 0.1) is 12.2 Å². The van der Waals surface area contributed by atoms with Gasteiger partial charge >= 0.3 is 0 Å². The number of benzene rings is 2. The number of nitrogens with one attached hydrogen (secondary N) is 1. The smallest absolute Gasteiger partial charge is 0.238 e. The zero-order chi connectivity index (χ0) is 19.0. The van der Waals surface area contributed by atoms with Gasteiger partial charge < -0.3 is 15.0 Å². The molecule has 4 nitrogen and oxygen atoms in total. The molecule has 0 saturated heterocycles. The molecule has 136 valence electrons. The van der Waals surface area contributed by atoms with E-state index in [1.54, 1.807) is 19.1 Å². The first kappa shape index (κ1) is 17.2. The summed E-state index contributed by atoms with van der Waals surface area (Å²) >= 11 is 0. The van der Waals surface area contributed by atoms with Gasteiger partial charge in [-0.2, -0.15) is 0 Å². The number of hydrogen-bond acceptors (Lipinski definition) is 4. The molecule has 0 aliphatic carbocycles. The van der Waals surface area contributed by atoms with E-state index in [0.29, 0.717) is 18.1 Å². The predicted molar refractivity (Wildman–Crippen MR) is 106 cm³/mol. The molecule has 3 aromatic rings. The van der Waals surface area contributed by atoms with Crippen LogP contribution >= 0.6 is 0 Å². The molecule has 27 heavy (non-hydrogen) atoms. The number of hydrogen-bond donors (Lipinski definition) is 1. The quantitative estimate of drug-likeness (QED) is 0.689. The van der Waals surface area contributed by atoms with Crippen LogP contribution < -0.4 is 9.64 Å². The van der Waals surface area contributed by atoms with Crippen molar-refractivity contribution in [3.63, 3.8) is 0 Å². The summed E-state index contributed by atoms with van der Waals surface area (Å²) in [5, 5.41) is 7.55. The summed E-state index contributed by atoms with van der Waals surface area (Å²) in [6.07, 6.45) is 1.33. The number of anilines is 1. The number of fused-ring (bicyclic) bond motifs is 1. The second-order valence-electron chi connectivity index (χ2n) is 6.71. The van der Waals surface area contributed by atoms with Gasteiger partial charge in [-0.1, -0.05) is 18.2 Å². The molecular weight excluding hydrogens is 341 g/mol. The lowest BCUT2D eigenvalue weighted by Crippen LogP contribution is -2.29. The van der Waals surface area contributed by atoms with E-state index < -0.39 is 0 Å². The van der Waals surface area contributed by atoms with Crippen molar-refractivity contribution in [2.45, 2.75) is 6.92 Å². The van der Waals surface area contributed by atoms with E-state index in [0.717, 1.165) is 40.2 Å². The zero-order valence-corrected chi connectivity index (χ0v) is 15.3. The minimum atomic E-state index is -0.236. The number of likely N-dealkylation sites (N-methyl/N-ethyl adjacent to an activating group) is 1. The summed E-state index contributed by atoms with van der Waals surface area (Å²) in [6, 6.07) is 14.9. The first-order valence-corrected chi connectivity index (χ1v) is 8.83. The maximum atomic E-state index is 13.8. The van der Waals surface area contributed by atoms with Gasteiger partial charge in [0.25, 0.3) is 0 Å². The molecule has 1 aliphatic rings. The van der Waals surface area contributed by atoms with Gasteiger partial charge in [-0.3, -0.25) is 0 Å². The number of pyridine rings is 1. The monoisotopic (exact) mass is 361 g/mol. The third-order valence-corrected chi connectivity index (χ3v) is 4.84. The van der Waals surface area contributed by atoms with Crippen LogP contribution in [0.25, 0.3) is 22.4 Å². The molecule has 1 aliphatic heterocycles. The lowest BCUT2D eigenvalue weighted by atomic mass is 9.96. The Morgan fingerprint density at radius 3 is 2.78 bits per heavy atom. The van der Waals surface area contributed by atoms with Crippen molar-refractivity contribution in [1.29, 1.82) is 5.41 Å². The van der Waals surface area contributed by atoms with E-state index in [-0.39, 0.29) is 5.82 Å². The number of nitrogens with zero attached hydrogens (tertiary/aromatic N) is 2. The standard InChI is InChI=1S/C22H20FN3O/c1-14-10-17(6-7-19(14)23)21-18(16-5-3-4-15(11-16)13-24)12-20-22(25-21)27-9-8-26(20)2/h3-7,10-13,24H,8-9H2,1-2H3. The minimum Gasteiger partial charge on any atom is -0.474 e. The van der Waals surface area contributed by atoms with E-state index in [1.807, 2.05) is 31.3 Å². The predicted octanol–water partition coefficient (Wildman–Crippen LogP) is 4.69. The van der Waals surface area contributed by atoms with E-state index >= 15 is 0 Å². The van der Waals surface area contributed by atoms with Crippen molar-refractivity contribution in [3.8, 4) is 28.3 Å². The van der Waals surface area contributed by atoms with Gasteiger partial charge in [-0.15, -0.1) is 0 Å². The molecule has 0 amide bonds. The van der Waals surface area contributed by atoms with E-state index in [1.165, 1.54) is 12.3 Å². The summed E-state index contributed by atoms with van der Waals surface area (Å²) < 4.78 is 19.6. The molecular formula is C22H20FN3O. The average Bonchev–Trinajstić information content (AvgIpc) is 2.69. The lowest BCUT2D eigenvalue weighted by molar-refractivity contribution is 0.299. The average molecular weight is 361 g/mol. The Bertz CT molecular complexity index is 1030. The van der Waals surface area contributed by atoms with Crippen LogP contribution in [0.2, 0.25) is 0 Å². The third kappa shape index (κ3) is 3.16. The third-order valence-electron chi connectivity index (χ3n) is 4.84. The van der Waals surface area contributed by atoms with Crippen molar-refractivity contribution in [2.24, 2.45) is 0 Å². The largest absolute Gasteiger partial charge is 0.474 e. The van der Waals surface area contributed by atoms with Crippen molar-refractivity contribution in [3.05, 3.63) is 65.5 Å². The summed E-state index contributed by atoms with van der Waals surface area (Å²) in [6.45, 7) is 3.13. The molecule has 4 rings (SSSR count). The Balaban J connectivity index is 1.97. The highest BCUT2D eigenvalue weighted by Crippen LogP contribution is 2.39. The summed E-state index contributed by atoms with van der Waals surface area (Å²) in [4.78, 5) is 6.91. The molecule has 0 saturated carbocycles. The van der Waals surface area contributed by atoms with Crippen molar-refractivity contribution in [1.82, 2.24) is 4.98 Å². The number of rotatable bonds is 3. The molecule has 5 heteroatoms. The van der Waals surface area contributed by atoms with Crippen LogP contribution in [-0.2, 0) is 0 Å². The fourth-order valence-corrected chi connectivity index (χ4v) is 3.29. The molecule has 0 bridgehead atoms. The summed E-state index contributed by atoms with van der Waals surface area (Å²) in [5.41, 5.74) is 5.79. The lowest BCUT2D eigenvalue weighted by Gasteiger charge is -2.28. The molecule has 1 N–H and O–H groups in total. The van der Waals surface area contributed by atoms with Gasteiger partial charge in [0, 0.05) is 24.4 Å². The number of aromatic nitrogens is 1. The van der Waals surface area contributed by atoms with Gasteiger partial charge in [0.2, 0.25) is 5.88 Å². The molecule has 2 aromatic carbocycles.